The Bertz CT molecular complexity index is 539. The Hall–Kier alpha value is -1.18. The Morgan fingerprint density at radius 3 is 2.89 bits per heavy atom. The highest BCUT2D eigenvalue weighted by molar-refractivity contribution is 9.10. The summed E-state index contributed by atoms with van der Waals surface area (Å²) in [5.74, 6) is 3.14. The SMILES string of the molecule is C#CC1CC(=O)N(c2cc(Cl)cc(Br)c2OC)C1. The number of hydrogen-bond acceptors (Lipinski definition) is 2. The summed E-state index contributed by atoms with van der Waals surface area (Å²) in [5.41, 5.74) is 0.652. The standard InChI is InChI=1S/C13H11BrClNO2/c1-3-8-4-12(17)16(7-8)11-6-9(15)5-10(14)13(11)18-2/h1,5-6,8H,4,7H2,2H3. The average Bonchev–Trinajstić information content (AvgIpc) is 2.69. The predicted molar refractivity (Wildman–Crippen MR) is 75.0 cm³/mol. The summed E-state index contributed by atoms with van der Waals surface area (Å²) in [6.07, 6.45) is 5.74. The van der Waals surface area contributed by atoms with Crippen LogP contribution in [0.5, 0.6) is 5.75 Å². The van der Waals surface area contributed by atoms with Crippen LogP contribution in [-0.2, 0) is 4.79 Å². The normalized spacial score (nSPS) is 18.9. The van der Waals surface area contributed by atoms with Crippen LogP contribution in [-0.4, -0.2) is 19.6 Å². The van der Waals surface area contributed by atoms with Gasteiger partial charge in [0, 0.05) is 23.9 Å². The Morgan fingerprint density at radius 1 is 1.61 bits per heavy atom. The lowest BCUT2D eigenvalue weighted by Gasteiger charge is -2.20. The number of anilines is 1. The quantitative estimate of drug-likeness (QED) is 0.781. The molecule has 0 spiro atoms. The minimum Gasteiger partial charge on any atom is -0.493 e. The van der Waals surface area contributed by atoms with Gasteiger partial charge in [0.05, 0.1) is 17.3 Å². The molecule has 0 saturated carbocycles. The van der Waals surface area contributed by atoms with Gasteiger partial charge in [0.25, 0.3) is 0 Å². The lowest BCUT2D eigenvalue weighted by molar-refractivity contribution is -0.117. The topological polar surface area (TPSA) is 29.5 Å². The minimum atomic E-state index is -0.0556. The molecule has 0 N–H and O–H groups in total. The lowest BCUT2D eigenvalue weighted by Crippen LogP contribution is -2.25. The van der Waals surface area contributed by atoms with E-state index in [9.17, 15) is 4.79 Å². The number of halogens is 2. The van der Waals surface area contributed by atoms with Gasteiger partial charge in [-0.3, -0.25) is 4.79 Å². The Kier molecular flexibility index (Phi) is 3.84. The van der Waals surface area contributed by atoms with Crippen molar-refractivity contribution >= 4 is 39.1 Å². The van der Waals surface area contributed by atoms with Crippen molar-refractivity contribution in [2.45, 2.75) is 6.42 Å². The zero-order chi connectivity index (χ0) is 13.3. The fourth-order valence-corrected chi connectivity index (χ4v) is 2.96. The van der Waals surface area contributed by atoms with Crippen molar-refractivity contribution in [3.63, 3.8) is 0 Å². The van der Waals surface area contributed by atoms with Crippen molar-refractivity contribution in [1.82, 2.24) is 0 Å². The van der Waals surface area contributed by atoms with Gasteiger partial charge in [-0.1, -0.05) is 11.6 Å². The highest BCUT2D eigenvalue weighted by Gasteiger charge is 2.31. The maximum atomic E-state index is 12.0. The van der Waals surface area contributed by atoms with Crippen molar-refractivity contribution in [2.75, 3.05) is 18.6 Å². The summed E-state index contributed by atoms with van der Waals surface area (Å²) in [4.78, 5) is 13.6. The molecular weight excluding hydrogens is 318 g/mol. The van der Waals surface area contributed by atoms with Crippen molar-refractivity contribution < 1.29 is 9.53 Å². The van der Waals surface area contributed by atoms with Crippen molar-refractivity contribution in [2.24, 2.45) is 5.92 Å². The number of methoxy groups -OCH3 is 1. The van der Waals surface area contributed by atoms with E-state index in [1.165, 1.54) is 0 Å². The molecule has 1 amide bonds. The molecule has 0 radical (unpaired) electrons. The van der Waals surface area contributed by atoms with Crippen LogP contribution in [0.4, 0.5) is 5.69 Å². The number of terminal acetylenes is 1. The third kappa shape index (κ3) is 2.33. The zero-order valence-electron chi connectivity index (χ0n) is 9.74. The van der Waals surface area contributed by atoms with Gasteiger partial charge in [-0.25, -0.2) is 0 Å². The first-order chi connectivity index (χ1) is 8.56. The summed E-state index contributed by atoms with van der Waals surface area (Å²) in [6, 6.07) is 3.44. The smallest absolute Gasteiger partial charge is 0.228 e. The highest BCUT2D eigenvalue weighted by Crippen LogP contribution is 2.40. The predicted octanol–water partition coefficient (Wildman–Crippen LogP) is 3.10. The minimum absolute atomic E-state index is 0.00887. The average molecular weight is 329 g/mol. The molecule has 0 aromatic heterocycles. The second-order valence-electron chi connectivity index (χ2n) is 4.01. The molecule has 1 aromatic rings. The summed E-state index contributed by atoms with van der Waals surface area (Å²) in [6.45, 7) is 0.498. The van der Waals surface area contributed by atoms with Crippen LogP contribution in [0.25, 0.3) is 0 Å². The van der Waals surface area contributed by atoms with E-state index in [0.717, 1.165) is 0 Å². The molecule has 0 bridgehead atoms. The first-order valence-electron chi connectivity index (χ1n) is 5.36. The molecule has 94 valence electrons. The molecule has 1 aliphatic heterocycles. The zero-order valence-corrected chi connectivity index (χ0v) is 12.1. The number of ether oxygens (including phenoxy) is 1. The molecule has 1 atom stereocenters. The van der Waals surface area contributed by atoms with E-state index in [4.69, 9.17) is 22.8 Å². The van der Waals surface area contributed by atoms with Crippen LogP contribution in [0.1, 0.15) is 6.42 Å². The summed E-state index contributed by atoms with van der Waals surface area (Å²) in [5, 5.41) is 0.537. The van der Waals surface area contributed by atoms with Crippen LogP contribution in [0.3, 0.4) is 0 Å². The molecule has 18 heavy (non-hydrogen) atoms. The van der Waals surface area contributed by atoms with Gasteiger partial charge in [-0.15, -0.1) is 12.3 Å². The fourth-order valence-electron chi connectivity index (χ4n) is 2.00. The van der Waals surface area contributed by atoms with E-state index in [1.807, 2.05) is 0 Å². The molecule has 1 heterocycles. The second kappa shape index (κ2) is 5.21. The van der Waals surface area contributed by atoms with E-state index in [0.29, 0.717) is 33.9 Å². The first-order valence-corrected chi connectivity index (χ1v) is 6.53. The highest BCUT2D eigenvalue weighted by atomic mass is 79.9. The van der Waals surface area contributed by atoms with E-state index in [-0.39, 0.29) is 11.8 Å². The molecular formula is C13H11BrClNO2. The number of carbonyl (C=O) groups is 1. The van der Waals surface area contributed by atoms with Gasteiger partial charge in [-0.05, 0) is 28.1 Å². The molecule has 0 aliphatic carbocycles. The molecule has 1 unspecified atom stereocenters. The molecule has 3 nitrogen and oxygen atoms in total. The Morgan fingerprint density at radius 2 is 2.33 bits per heavy atom. The number of hydrogen-bond donors (Lipinski definition) is 0. The monoisotopic (exact) mass is 327 g/mol. The maximum absolute atomic E-state index is 12.0. The molecule has 1 saturated heterocycles. The molecule has 2 rings (SSSR count). The van der Waals surface area contributed by atoms with Crippen LogP contribution in [0, 0.1) is 18.3 Å². The van der Waals surface area contributed by atoms with Crippen molar-refractivity contribution in [1.29, 1.82) is 0 Å². The van der Waals surface area contributed by atoms with Crippen LogP contribution < -0.4 is 9.64 Å². The van der Waals surface area contributed by atoms with Crippen LogP contribution in [0.2, 0.25) is 5.02 Å². The van der Waals surface area contributed by atoms with Gasteiger partial charge >= 0.3 is 0 Å². The molecule has 1 aromatic carbocycles. The van der Waals surface area contributed by atoms with E-state index in [1.54, 1.807) is 24.1 Å². The van der Waals surface area contributed by atoms with E-state index in [2.05, 4.69) is 21.9 Å². The summed E-state index contributed by atoms with van der Waals surface area (Å²) >= 11 is 9.38. The van der Waals surface area contributed by atoms with E-state index < -0.39 is 0 Å². The number of nitrogens with zero attached hydrogens (tertiary/aromatic N) is 1. The Balaban J connectivity index is 2.45. The Labute approximate surface area is 119 Å². The third-order valence-electron chi connectivity index (χ3n) is 2.84. The largest absolute Gasteiger partial charge is 0.493 e. The van der Waals surface area contributed by atoms with Gasteiger partial charge < -0.3 is 9.64 Å². The van der Waals surface area contributed by atoms with Crippen molar-refractivity contribution in [3.05, 3.63) is 21.6 Å². The molecule has 5 heteroatoms. The summed E-state index contributed by atoms with van der Waals surface area (Å²) in [7, 11) is 1.55. The fraction of sp³-hybridized carbons (Fsp3) is 0.308. The van der Waals surface area contributed by atoms with Crippen LogP contribution in [0.15, 0.2) is 16.6 Å². The van der Waals surface area contributed by atoms with Gasteiger partial charge in [0.2, 0.25) is 5.91 Å². The molecule has 1 aliphatic rings. The van der Waals surface area contributed by atoms with Crippen molar-refractivity contribution in [3.8, 4) is 18.1 Å². The van der Waals surface area contributed by atoms with E-state index >= 15 is 0 Å². The maximum Gasteiger partial charge on any atom is 0.228 e. The number of carbonyl (C=O) groups excluding carboxylic acids is 1. The molecule has 1 fully saturated rings. The number of amides is 1. The van der Waals surface area contributed by atoms with Gasteiger partial charge in [0.1, 0.15) is 0 Å². The second-order valence-corrected chi connectivity index (χ2v) is 5.30. The number of rotatable bonds is 2. The summed E-state index contributed by atoms with van der Waals surface area (Å²) < 4.78 is 6.02. The number of benzene rings is 1. The third-order valence-corrected chi connectivity index (χ3v) is 3.65. The van der Waals surface area contributed by atoms with Gasteiger partial charge in [0.15, 0.2) is 5.75 Å². The lowest BCUT2D eigenvalue weighted by atomic mass is 10.1. The van der Waals surface area contributed by atoms with Crippen LogP contribution >= 0.6 is 27.5 Å². The van der Waals surface area contributed by atoms with Gasteiger partial charge in [-0.2, -0.15) is 0 Å². The first kappa shape index (κ1) is 13.3.